The summed E-state index contributed by atoms with van der Waals surface area (Å²) >= 11 is 1.64. The van der Waals surface area contributed by atoms with Crippen LogP contribution in [-0.2, 0) is 22.7 Å². The van der Waals surface area contributed by atoms with E-state index in [4.69, 9.17) is 0 Å². The number of benzene rings is 1. The molecule has 1 aromatic carbocycles. The van der Waals surface area contributed by atoms with Crippen molar-refractivity contribution in [2.24, 2.45) is 5.92 Å². The van der Waals surface area contributed by atoms with Crippen LogP contribution in [0.25, 0.3) is 0 Å². The van der Waals surface area contributed by atoms with Gasteiger partial charge in [0, 0.05) is 23.9 Å². The molecule has 1 aliphatic carbocycles. The average Bonchev–Trinajstić information content (AvgIpc) is 3.41. The van der Waals surface area contributed by atoms with E-state index < -0.39 is 0 Å². The van der Waals surface area contributed by atoms with Crippen LogP contribution in [0.5, 0.6) is 0 Å². The highest BCUT2D eigenvalue weighted by molar-refractivity contribution is 7.09. The predicted octanol–water partition coefficient (Wildman–Crippen LogP) is 4.48. The van der Waals surface area contributed by atoms with Gasteiger partial charge in [-0.05, 0) is 29.9 Å². The van der Waals surface area contributed by atoms with Crippen LogP contribution < -0.4 is 0 Å². The van der Waals surface area contributed by atoms with Gasteiger partial charge < -0.3 is 9.80 Å². The molecule has 0 unspecified atom stereocenters. The number of hydrogen-bond donors (Lipinski definition) is 0. The molecule has 1 heterocycles. The summed E-state index contributed by atoms with van der Waals surface area (Å²) in [6.07, 6.45) is 5.78. The van der Waals surface area contributed by atoms with Crippen molar-refractivity contribution >= 4 is 23.2 Å². The van der Waals surface area contributed by atoms with E-state index in [1.165, 1.54) is 0 Å². The molecule has 1 aliphatic rings. The minimum absolute atomic E-state index is 0.0227. The molecule has 0 bridgehead atoms. The molecule has 0 spiro atoms. The maximum absolute atomic E-state index is 13.2. The van der Waals surface area contributed by atoms with E-state index in [0.29, 0.717) is 19.6 Å². The van der Waals surface area contributed by atoms with Gasteiger partial charge >= 0.3 is 0 Å². The van der Waals surface area contributed by atoms with Gasteiger partial charge in [0.2, 0.25) is 11.8 Å². The lowest BCUT2D eigenvalue weighted by molar-refractivity contribution is -0.143. The van der Waals surface area contributed by atoms with E-state index in [0.717, 1.165) is 36.1 Å². The largest absolute Gasteiger partial charge is 0.332 e. The SMILES string of the molecule is C=CCN(CC(=O)N(Cc1ccccc1)Cc1cccs1)C(=O)C1CCCC1. The summed E-state index contributed by atoms with van der Waals surface area (Å²) in [6.45, 7) is 5.40. The molecule has 5 heteroatoms. The molecule has 1 aromatic heterocycles. The van der Waals surface area contributed by atoms with E-state index in [9.17, 15) is 9.59 Å². The van der Waals surface area contributed by atoms with Gasteiger partial charge in [-0.15, -0.1) is 17.9 Å². The number of nitrogens with zero attached hydrogens (tertiary/aromatic N) is 2. The zero-order valence-corrected chi connectivity index (χ0v) is 17.1. The predicted molar refractivity (Wildman–Crippen MR) is 114 cm³/mol. The highest BCUT2D eigenvalue weighted by Gasteiger charge is 2.29. The first-order chi connectivity index (χ1) is 13.7. The molecule has 1 fully saturated rings. The lowest BCUT2D eigenvalue weighted by Gasteiger charge is -2.28. The van der Waals surface area contributed by atoms with E-state index in [2.05, 4.69) is 6.58 Å². The van der Waals surface area contributed by atoms with Crippen molar-refractivity contribution in [3.8, 4) is 0 Å². The van der Waals surface area contributed by atoms with Gasteiger partial charge in [-0.1, -0.05) is 55.3 Å². The number of thiophene rings is 1. The smallest absolute Gasteiger partial charge is 0.242 e. The Labute approximate surface area is 171 Å². The third-order valence-electron chi connectivity index (χ3n) is 5.19. The number of amides is 2. The molecule has 1 saturated carbocycles. The molecule has 0 atom stereocenters. The molecule has 0 aliphatic heterocycles. The molecule has 3 rings (SSSR count). The van der Waals surface area contributed by atoms with Gasteiger partial charge in [0.05, 0.1) is 6.54 Å². The topological polar surface area (TPSA) is 40.6 Å². The van der Waals surface area contributed by atoms with Crippen LogP contribution in [0.2, 0.25) is 0 Å². The third kappa shape index (κ3) is 5.55. The van der Waals surface area contributed by atoms with Gasteiger partial charge in [-0.3, -0.25) is 9.59 Å². The van der Waals surface area contributed by atoms with Crippen molar-refractivity contribution < 1.29 is 9.59 Å². The molecular formula is C23H28N2O2S. The standard InChI is InChI=1S/C23H28N2O2S/c1-2-14-24(23(27)20-11-6-7-12-20)18-22(26)25(17-21-13-8-15-28-21)16-19-9-4-3-5-10-19/h2-5,8-10,13,15,20H,1,6-7,11-12,14,16-18H2. The molecule has 28 heavy (non-hydrogen) atoms. The maximum Gasteiger partial charge on any atom is 0.242 e. The Hall–Kier alpha value is -2.40. The van der Waals surface area contributed by atoms with Gasteiger partial charge in [0.25, 0.3) is 0 Å². The van der Waals surface area contributed by atoms with Gasteiger partial charge in [0.15, 0.2) is 0 Å². The van der Waals surface area contributed by atoms with E-state index in [1.54, 1.807) is 22.3 Å². The normalized spacial score (nSPS) is 14.0. The van der Waals surface area contributed by atoms with Crippen molar-refractivity contribution in [3.05, 3.63) is 70.9 Å². The molecule has 4 nitrogen and oxygen atoms in total. The van der Waals surface area contributed by atoms with Crippen molar-refractivity contribution in [2.75, 3.05) is 13.1 Å². The first kappa shape index (κ1) is 20.3. The molecule has 0 radical (unpaired) electrons. The van der Waals surface area contributed by atoms with Crippen LogP contribution in [-0.4, -0.2) is 34.7 Å². The van der Waals surface area contributed by atoms with Crippen molar-refractivity contribution in [2.45, 2.75) is 38.8 Å². The zero-order valence-electron chi connectivity index (χ0n) is 16.3. The fourth-order valence-corrected chi connectivity index (χ4v) is 4.43. The highest BCUT2D eigenvalue weighted by Crippen LogP contribution is 2.26. The van der Waals surface area contributed by atoms with Crippen LogP contribution >= 0.6 is 11.3 Å². The summed E-state index contributed by atoms with van der Waals surface area (Å²) < 4.78 is 0. The fourth-order valence-electron chi connectivity index (χ4n) is 3.71. The monoisotopic (exact) mass is 396 g/mol. The van der Waals surface area contributed by atoms with Crippen LogP contribution in [0.4, 0.5) is 0 Å². The minimum atomic E-state index is -0.0227. The Kier molecular flexibility index (Phi) is 7.43. The van der Waals surface area contributed by atoms with Crippen molar-refractivity contribution in [1.82, 2.24) is 9.80 Å². The summed E-state index contributed by atoms with van der Waals surface area (Å²) in [4.78, 5) is 30.7. The van der Waals surface area contributed by atoms with E-state index in [1.807, 2.05) is 52.7 Å². The van der Waals surface area contributed by atoms with Crippen LogP contribution in [0, 0.1) is 5.92 Å². The first-order valence-electron chi connectivity index (χ1n) is 9.91. The zero-order chi connectivity index (χ0) is 19.8. The average molecular weight is 397 g/mol. The minimum Gasteiger partial charge on any atom is -0.332 e. The lowest BCUT2D eigenvalue weighted by Crippen LogP contribution is -2.44. The van der Waals surface area contributed by atoms with Crippen molar-refractivity contribution in [3.63, 3.8) is 0 Å². The summed E-state index contributed by atoms with van der Waals surface area (Å²) in [7, 11) is 0. The molecule has 0 saturated heterocycles. The van der Waals surface area contributed by atoms with Gasteiger partial charge in [-0.25, -0.2) is 0 Å². The Morgan fingerprint density at radius 1 is 1.04 bits per heavy atom. The molecule has 148 valence electrons. The molecule has 0 N–H and O–H groups in total. The summed E-state index contributed by atoms with van der Waals surface area (Å²) in [6, 6.07) is 14.0. The highest BCUT2D eigenvalue weighted by atomic mass is 32.1. The maximum atomic E-state index is 13.2. The molecule has 2 aromatic rings. The summed E-state index contributed by atoms with van der Waals surface area (Å²) in [5, 5.41) is 2.02. The second-order valence-corrected chi connectivity index (χ2v) is 8.34. The quantitative estimate of drug-likeness (QED) is 0.586. The Morgan fingerprint density at radius 2 is 1.79 bits per heavy atom. The van der Waals surface area contributed by atoms with Gasteiger partial charge in [0.1, 0.15) is 6.54 Å². The molecule has 2 amide bonds. The Balaban J connectivity index is 1.72. The number of carbonyl (C=O) groups is 2. The summed E-state index contributed by atoms with van der Waals surface area (Å²) in [5.41, 5.74) is 1.09. The Bertz CT molecular complexity index is 767. The third-order valence-corrected chi connectivity index (χ3v) is 6.05. The number of hydrogen-bond acceptors (Lipinski definition) is 3. The van der Waals surface area contributed by atoms with Gasteiger partial charge in [-0.2, -0.15) is 0 Å². The second-order valence-electron chi connectivity index (χ2n) is 7.30. The van der Waals surface area contributed by atoms with Crippen LogP contribution in [0.1, 0.15) is 36.1 Å². The van der Waals surface area contributed by atoms with E-state index >= 15 is 0 Å². The number of rotatable bonds is 9. The second kappa shape index (κ2) is 10.2. The summed E-state index contributed by atoms with van der Waals surface area (Å²) in [5.74, 6) is 0.139. The number of carbonyl (C=O) groups excluding carboxylic acids is 2. The fraction of sp³-hybridized carbons (Fsp3) is 0.391. The Morgan fingerprint density at radius 3 is 2.43 bits per heavy atom. The first-order valence-corrected chi connectivity index (χ1v) is 10.8. The molecular weight excluding hydrogens is 368 g/mol. The van der Waals surface area contributed by atoms with E-state index in [-0.39, 0.29) is 24.3 Å². The van der Waals surface area contributed by atoms with Crippen LogP contribution in [0.15, 0.2) is 60.5 Å². The lowest BCUT2D eigenvalue weighted by atomic mass is 10.1. The van der Waals surface area contributed by atoms with Crippen molar-refractivity contribution in [1.29, 1.82) is 0 Å². The van der Waals surface area contributed by atoms with Crippen LogP contribution in [0.3, 0.4) is 0 Å².